The molecule has 0 bridgehead atoms. The average Bonchev–Trinajstić information content (AvgIpc) is 2.90. The molecule has 1 aromatic carbocycles. The first-order chi connectivity index (χ1) is 8.84. The van der Waals surface area contributed by atoms with Gasteiger partial charge in [-0.05, 0) is 37.1 Å². The molecule has 0 radical (unpaired) electrons. The van der Waals surface area contributed by atoms with Crippen molar-refractivity contribution in [2.45, 2.75) is 18.9 Å². The van der Waals surface area contributed by atoms with Crippen molar-refractivity contribution in [3.63, 3.8) is 0 Å². The molecule has 1 aliphatic rings. The van der Waals surface area contributed by atoms with Gasteiger partial charge in [-0.15, -0.1) is 0 Å². The summed E-state index contributed by atoms with van der Waals surface area (Å²) in [5.41, 5.74) is 7.59. The molecular formula is C14H17N3O. The molecule has 3 rings (SSSR count). The molecule has 1 aromatic heterocycles. The van der Waals surface area contributed by atoms with E-state index in [-0.39, 0.29) is 0 Å². The number of aromatic nitrogens is 2. The van der Waals surface area contributed by atoms with Crippen LogP contribution in [0.25, 0.3) is 11.4 Å². The molecule has 1 fully saturated rings. The number of benzene rings is 1. The minimum Gasteiger partial charge on any atom is -0.399 e. The van der Waals surface area contributed by atoms with E-state index in [2.05, 4.69) is 9.55 Å². The number of ether oxygens (including phenoxy) is 1. The summed E-state index contributed by atoms with van der Waals surface area (Å²) in [6.45, 7) is 1.65. The Labute approximate surface area is 106 Å². The van der Waals surface area contributed by atoms with Gasteiger partial charge in [0.05, 0.1) is 12.6 Å². The topological polar surface area (TPSA) is 53.1 Å². The van der Waals surface area contributed by atoms with Crippen molar-refractivity contribution >= 4 is 5.69 Å². The highest BCUT2D eigenvalue weighted by Crippen LogP contribution is 2.26. The van der Waals surface area contributed by atoms with Crippen molar-refractivity contribution in [3.05, 3.63) is 36.7 Å². The Balaban J connectivity index is 1.93. The zero-order valence-corrected chi connectivity index (χ0v) is 10.2. The number of nitrogens with zero attached hydrogens (tertiary/aromatic N) is 2. The van der Waals surface area contributed by atoms with E-state index in [9.17, 15) is 0 Å². The quantitative estimate of drug-likeness (QED) is 0.824. The first-order valence-electron chi connectivity index (χ1n) is 6.31. The monoisotopic (exact) mass is 243 g/mol. The predicted molar refractivity (Wildman–Crippen MR) is 71.2 cm³/mol. The normalized spacial score (nSPS) is 19.9. The number of nitrogens with two attached hydrogens (primary N) is 1. The highest BCUT2D eigenvalue weighted by atomic mass is 16.5. The maximum atomic E-state index is 5.71. The Morgan fingerprint density at radius 3 is 2.83 bits per heavy atom. The van der Waals surface area contributed by atoms with Gasteiger partial charge in [-0.2, -0.15) is 0 Å². The molecule has 0 spiro atoms. The molecule has 18 heavy (non-hydrogen) atoms. The molecular weight excluding hydrogens is 226 g/mol. The Morgan fingerprint density at radius 1 is 1.28 bits per heavy atom. The lowest BCUT2D eigenvalue weighted by Crippen LogP contribution is -2.21. The summed E-state index contributed by atoms with van der Waals surface area (Å²) in [5, 5.41) is 0. The number of hydrogen-bond acceptors (Lipinski definition) is 3. The molecule has 1 unspecified atom stereocenters. The summed E-state index contributed by atoms with van der Waals surface area (Å²) in [5.74, 6) is 0.991. The first-order valence-corrected chi connectivity index (χ1v) is 6.31. The summed E-state index contributed by atoms with van der Waals surface area (Å²) in [6.07, 6.45) is 6.15. The van der Waals surface area contributed by atoms with Crippen LogP contribution in [0.2, 0.25) is 0 Å². The first kappa shape index (κ1) is 11.3. The number of nitrogen functional groups attached to an aromatic ring is 1. The smallest absolute Gasteiger partial charge is 0.140 e. The van der Waals surface area contributed by atoms with E-state index in [1.807, 2.05) is 36.7 Å². The van der Waals surface area contributed by atoms with Crippen LogP contribution in [0.4, 0.5) is 5.69 Å². The largest absolute Gasteiger partial charge is 0.399 e. The molecule has 4 nitrogen and oxygen atoms in total. The minimum atomic E-state index is 0.397. The molecule has 0 amide bonds. The van der Waals surface area contributed by atoms with Crippen LogP contribution in [0.1, 0.15) is 18.9 Å². The highest BCUT2D eigenvalue weighted by Gasteiger charge is 2.18. The van der Waals surface area contributed by atoms with E-state index < -0.39 is 0 Å². The van der Waals surface area contributed by atoms with Gasteiger partial charge in [0.1, 0.15) is 5.82 Å². The molecule has 0 saturated carbocycles. The van der Waals surface area contributed by atoms with Crippen LogP contribution in [0.15, 0.2) is 36.7 Å². The average molecular weight is 243 g/mol. The van der Waals surface area contributed by atoms with Crippen molar-refractivity contribution < 1.29 is 4.74 Å². The van der Waals surface area contributed by atoms with Crippen LogP contribution in [0.5, 0.6) is 0 Å². The number of rotatable bonds is 2. The van der Waals surface area contributed by atoms with Gasteiger partial charge >= 0.3 is 0 Å². The molecule has 1 aliphatic heterocycles. The highest BCUT2D eigenvalue weighted by molar-refractivity contribution is 5.59. The van der Waals surface area contributed by atoms with E-state index in [4.69, 9.17) is 10.5 Å². The SMILES string of the molecule is Nc1ccc(-c2nccn2C2CCCOC2)cc1. The standard InChI is InChI=1S/C14H17N3O/c15-12-5-3-11(4-6-12)14-16-7-8-17(14)13-2-1-9-18-10-13/h3-8,13H,1-2,9-10,15H2. The molecule has 1 atom stereocenters. The Bertz CT molecular complexity index is 512. The Hall–Kier alpha value is -1.81. The second-order valence-corrected chi connectivity index (χ2v) is 4.65. The van der Waals surface area contributed by atoms with Gasteiger partial charge in [0.2, 0.25) is 0 Å². The van der Waals surface area contributed by atoms with Gasteiger partial charge in [0, 0.05) is 30.3 Å². The lowest BCUT2D eigenvalue weighted by Gasteiger charge is -2.25. The minimum absolute atomic E-state index is 0.397. The van der Waals surface area contributed by atoms with Crippen LogP contribution in [-0.2, 0) is 4.74 Å². The molecule has 94 valence electrons. The summed E-state index contributed by atoms with van der Waals surface area (Å²) < 4.78 is 7.76. The Kier molecular flexibility index (Phi) is 3.02. The van der Waals surface area contributed by atoms with E-state index in [1.54, 1.807) is 0 Å². The third-order valence-electron chi connectivity index (χ3n) is 3.37. The van der Waals surface area contributed by atoms with Crippen LogP contribution in [0.3, 0.4) is 0 Å². The zero-order chi connectivity index (χ0) is 12.4. The molecule has 0 aliphatic carbocycles. The predicted octanol–water partition coefficient (Wildman–Crippen LogP) is 2.48. The van der Waals surface area contributed by atoms with Crippen LogP contribution >= 0.6 is 0 Å². The maximum absolute atomic E-state index is 5.71. The molecule has 2 aromatic rings. The number of anilines is 1. The summed E-state index contributed by atoms with van der Waals surface area (Å²) >= 11 is 0. The van der Waals surface area contributed by atoms with Gasteiger partial charge in [-0.1, -0.05) is 0 Å². The third-order valence-corrected chi connectivity index (χ3v) is 3.37. The Morgan fingerprint density at radius 2 is 2.11 bits per heavy atom. The van der Waals surface area contributed by atoms with Crippen molar-refractivity contribution in [2.75, 3.05) is 18.9 Å². The van der Waals surface area contributed by atoms with Crippen LogP contribution in [0, 0.1) is 0 Å². The van der Waals surface area contributed by atoms with Crippen molar-refractivity contribution in [1.29, 1.82) is 0 Å². The fraction of sp³-hybridized carbons (Fsp3) is 0.357. The van der Waals surface area contributed by atoms with Gasteiger partial charge in [0.25, 0.3) is 0 Å². The van der Waals surface area contributed by atoms with Crippen molar-refractivity contribution in [1.82, 2.24) is 9.55 Å². The zero-order valence-electron chi connectivity index (χ0n) is 10.2. The van der Waals surface area contributed by atoms with Gasteiger partial charge in [-0.25, -0.2) is 4.98 Å². The fourth-order valence-corrected chi connectivity index (χ4v) is 2.41. The second-order valence-electron chi connectivity index (χ2n) is 4.65. The summed E-state index contributed by atoms with van der Waals surface area (Å²) in [4.78, 5) is 4.46. The summed E-state index contributed by atoms with van der Waals surface area (Å²) in [7, 11) is 0. The van der Waals surface area contributed by atoms with Crippen LogP contribution < -0.4 is 5.73 Å². The van der Waals surface area contributed by atoms with E-state index in [1.165, 1.54) is 0 Å². The molecule has 1 saturated heterocycles. The van der Waals surface area contributed by atoms with Gasteiger partial charge < -0.3 is 15.0 Å². The van der Waals surface area contributed by atoms with Crippen molar-refractivity contribution in [2.24, 2.45) is 0 Å². The van der Waals surface area contributed by atoms with E-state index >= 15 is 0 Å². The molecule has 2 heterocycles. The maximum Gasteiger partial charge on any atom is 0.140 e. The second kappa shape index (κ2) is 4.82. The van der Waals surface area contributed by atoms with Gasteiger partial charge in [-0.3, -0.25) is 0 Å². The van der Waals surface area contributed by atoms with Crippen LogP contribution in [-0.4, -0.2) is 22.8 Å². The lowest BCUT2D eigenvalue weighted by atomic mass is 10.1. The van der Waals surface area contributed by atoms with E-state index in [0.29, 0.717) is 6.04 Å². The molecule has 4 heteroatoms. The third kappa shape index (κ3) is 2.11. The van der Waals surface area contributed by atoms with Gasteiger partial charge in [0.15, 0.2) is 0 Å². The fourth-order valence-electron chi connectivity index (χ4n) is 2.41. The van der Waals surface area contributed by atoms with Crippen molar-refractivity contribution in [3.8, 4) is 11.4 Å². The van der Waals surface area contributed by atoms with E-state index in [0.717, 1.165) is 43.1 Å². The number of imidazole rings is 1. The molecule has 2 N–H and O–H groups in total. The lowest BCUT2D eigenvalue weighted by molar-refractivity contribution is 0.0597. The number of hydrogen-bond donors (Lipinski definition) is 1. The summed E-state index contributed by atoms with van der Waals surface area (Å²) in [6, 6.07) is 8.24.